The van der Waals surface area contributed by atoms with Gasteiger partial charge in [0.1, 0.15) is 11.9 Å². The van der Waals surface area contributed by atoms with Gasteiger partial charge in [-0.15, -0.1) is 6.42 Å². The molecule has 4 fully saturated rings. The largest absolute Gasteiger partial charge is 0.434 e. The Morgan fingerprint density at radius 2 is 1.93 bits per heavy atom. The number of ether oxygens (including phenoxy) is 1. The predicted molar refractivity (Wildman–Crippen MR) is 106 cm³/mol. The molecular formula is C24H32O4. The van der Waals surface area contributed by atoms with Crippen LogP contribution in [0.5, 0.6) is 0 Å². The first-order valence-electron chi connectivity index (χ1n) is 10.7. The zero-order chi connectivity index (χ0) is 20.3. The summed E-state index contributed by atoms with van der Waals surface area (Å²) in [5.74, 6) is 4.39. The van der Waals surface area contributed by atoms with Crippen LogP contribution in [0.4, 0.5) is 0 Å². The molecule has 152 valence electrons. The Labute approximate surface area is 168 Å². The van der Waals surface area contributed by atoms with Gasteiger partial charge in [-0.1, -0.05) is 19.8 Å². The van der Waals surface area contributed by atoms with E-state index in [0.717, 1.165) is 32.1 Å². The summed E-state index contributed by atoms with van der Waals surface area (Å²) < 4.78 is 5.06. The first-order chi connectivity index (χ1) is 13.1. The summed E-state index contributed by atoms with van der Waals surface area (Å²) >= 11 is 0. The minimum Gasteiger partial charge on any atom is -0.434 e. The van der Waals surface area contributed by atoms with E-state index in [1.54, 1.807) is 0 Å². The fraction of sp³-hybridized carbons (Fsp3) is 0.750. The quantitative estimate of drug-likeness (QED) is 0.321. The van der Waals surface area contributed by atoms with E-state index in [-0.39, 0.29) is 22.6 Å². The summed E-state index contributed by atoms with van der Waals surface area (Å²) in [6.07, 6.45) is 14.3. The Hall–Kier alpha value is -1.60. The molecule has 4 heteroatoms. The van der Waals surface area contributed by atoms with Gasteiger partial charge in [-0.3, -0.25) is 9.59 Å². The lowest BCUT2D eigenvalue weighted by atomic mass is 9.44. The molecular weight excluding hydrogens is 352 g/mol. The maximum absolute atomic E-state index is 12.6. The summed E-state index contributed by atoms with van der Waals surface area (Å²) in [6.45, 7) is 5.90. The number of rotatable bonds is 1. The molecule has 0 bridgehead atoms. The van der Waals surface area contributed by atoms with Gasteiger partial charge in [0.25, 0.3) is 0 Å². The molecule has 0 amide bonds. The van der Waals surface area contributed by atoms with Gasteiger partial charge in [-0.25, -0.2) is 0 Å². The highest BCUT2D eigenvalue weighted by Gasteiger charge is 2.64. The molecule has 4 saturated carbocycles. The maximum atomic E-state index is 12.6. The number of terminal acetylenes is 1. The van der Waals surface area contributed by atoms with E-state index in [4.69, 9.17) is 11.2 Å². The van der Waals surface area contributed by atoms with Crippen molar-refractivity contribution < 1.29 is 19.4 Å². The van der Waals surface area contributed by atoms with Crippen LogP contribution in [-0.4, -0.2) is 22.5 Å². The summed E-state index contributed by atoms with van der Waals surface area (Å²) in [7, 11) is 0. The molecule has 0 radical (unpaired) electrons. The first kappa shape index (κ1) is 19.7. The van der Waals surface area contributed by atoms with Crippen LogP contribution in [0.15, 0.2) is 11.8 Å². The van der Waals surface area contributed by atoms with E-state index >= 15 is 0 Å². The zero-order valence-electron chi connectivity index (χ0n) is 17.3. The van der Waals surface area contributed by atoms with E-state index < -0.39 is 5.60 Å². The van der Waals surface area contributed by atoms with E-state index in [1.807, 2.05) is 0 Å². The number of aliphatic hydroxyl groups is 1. The normalized spacial score (nSPS) is 49.0. The molecule has 0 aromatic carbocycles. The number of hydrogen-bond acceptors (Lipinski definition) is 4. The molecule has 0 aliphatic heterocycles. The van der Waals surface area contributed by atoms with Crippen molar-refractivity contribution in [3.63, 3.8) is 0 Å². The van der Waals surface area contributed by atoms with Gasteiger partial charge in [0, 0.05) is 24.3 Å². The first-order valence-corrected chi connectivity index (χ1v) is 10.7. The van der Waals surface area contributed by atoms with E-state index in [1.165, 1.54) is 13.2 Å². The number of Topliss-reactive ketones (excluding diaryl/α,β-unsaturated/α-hetero) is 1. The van der Waals surface area contributed by atoms with Gasteiger partial charge in [-0.2, -0.15) is 0 Å². The molecule has 0 heterocycles. The summed E-state index contributed by atoms with van der Waals surface area (Å²) in [6, 6.07) is 0. The van der Waals surface area contributed by atoms with Crippen molar-refractivity contribution in [3.05, 3.63) is 11.8 Å². The van der Waals surface area contributed by atoms with Crippen molar-refractivity contribution in [1.82, 2.24) is 0 Å². The number of carbonyl (C=O) groups excluding carboxylic acids is 2. The summed E-state index contributed by atoms with van der Waals surface area (Å²) in [5, 5.41) is 11.1. The number of allylic oxidation sites excluding steroid dienone is 1. The highest BCUT2D eigenvalue weighted by Crippen LogP contribution is 2.68. The molecule has 1 N–H and O–H groups in total. The Bertz CT molecular complexity index is 776. The molecule has 4 aliphatic rings. The maximum Gasteiger partial charge on any atom is 0.307 e. The van der Waals surface area contributed by atoms with Crippen molar-refractivity contribution in [2.75, 3.05) is 0 Å². The van der Waals surface area contributed by atoms with E-state index in [2.05, 4.69) is 19.8 Å². The number of esters is 1. The monoisotopic (exact) mass is 384 g/mol. The van der Waals surface area contributed by atoms with Crippen LogP contribution in [0.2, 0.25) is 0 Å². The fourth-order valence-electron chi connectivity index (χ4n) is 7.52. The average molecular weight is 385 g/mol. The van der Waals surface area contributed by atoms with Gasteiger partial charge >= 0.3 is 5.97 Å². The molecule has 0 aromatic heterocycles. The van der Waals surface area contributed by atoms with E-state index in [0.29, 0.717) is 48.5 Å². The van der Waals surface area contributed by atoms with Gasteiger partial charge < -0.3 is 9.84 Å². The third kappa shape index (κ3) is 2.62. The predicted octanol–water partition coefficient (Wildman–Crippen LogP) is 4.02. The second-order valence-corrected chi connectivity index (χ2v) is 10.2. The minimum atomic E-state index is -0.983. The minimum absolute atomic E-state index is 0.0426. The Morgan fingerprint density at radius 3 is 2.61 bits per heavy atom. The number of carbonyl (C=O) groups is 2. The van der Waals surface area contributed by atoms with Crippen LogP contribution in [0, 0.1) is 46.8 Å². The summed E-state index contributed by atoms with van der Waals surface area (Å²) in [4.78, 5) is 23.8. The standard InChI is InChI=1S/C24H32O4/c1-5-24(27)11-9-20-18-7-6-17-12-21(26)16(14-28-15(2)25)13-22(17,3)19(18)8-10-23(20,24)4/h1,14,17-20,27H,6-13H2,2-4H3/t17-,18+,19-,20-,22-,23-,24-/m0/s1. The van der Waals surface area contributed by atoms with Crippen LogP contribution in [0.3, 0.4) is 0 Å². The number of ketones is 1. The number of hydrogen-bond donors (Lipinski definition) is 1. The van der Waals surface area contributed by atoms with Crippen LogP contribution in [0.25, 0.3) is 0 Å². The van der Waals surface area contributed by atoms with Crippen LogP contribution >= 0.6 is 0 Å². The SMILES string of the molecule is C#C[C@]1(O)CC[C@H]2[C@@H]3CC[C@H]4CC(=O)C(=COC(C)=O)C[C@]4(C)[C@H]3CC[C@@]21C. The second kappa shape index (κ2) is 6.46. The molecule has 0 unspecified atom stereocenters. The highest BCUT2D eigenvalue weighted by molar-refractivity contribution is 5.96. The molecule has 4 rings (SSSR count). The lowest BCUT2D eigenvalue weighted by Crippen LogP contribution is -2.56. The van der Waals surface area contributed by atoms with Gasteiger partial charge in [0.2, 0.25) is 0 Å². The van der Waals surface area contributed by atoms with Crippen molar-refractivity contribution in [2.45, 2.75) is 77.7 Å². The summed E-state index contributed by atoms with van der Waals surface area (Å²) in [5.41, 5.74) is -0.480. The van der Waals surface area contributed by atoms with Gasteiger partial charge in [-0.05, 0) is 74.0 Å². The van der Waals surface area contributed by atoms with Crippen LogP contribution in [-0.2, 0) is 14.3 Å². The molecule has 0 saturated heterocycles. The van der Waals surface area contributed by atoms with Crippen molar-refractivity contribution in [3.8, 4) is 12.3 Å². The third-order valence-electron chi connectivity index (χ3n) is 9.18. The van der Waals surface area contributed by atoms with Crippen LogP contribution in [0.1, 0.15) is 72.1 Å². The molecule has 4 aliphatic carbocycles. The lowest BCUT2D eigenvalue weighted by Gasteiger charge is -2.60. The molecule has 28 heavy (non-hydrogen) atoms. The highest BCUT2D eigenvalue weighted by atomic mass is 16.5. The van der Waals surface area contributed by atoms with Crippen molar-refractivity contribution in [1.29, 1.82) is 0 Å². The molecule has 7 atom stereocenters. The fourth-order valence-corrected chi connectivity index (χ4v) is 7.52. The smallest absolute Gasteiger partial charge is 0.307 e. The zero-order valence-corrected chi connectivity index (χ0v) is 17.3. The lowest BCUT2D eigenvalue weighted by molar-refractivity contribution is -0.141. The Balaban J connectivity index is 1.63. The van der Waals surface area contributed by atoms with Crippen molar-refractivity contribution >= 4 is 11.8 Å². The third-order valence-corrected chi connectivity index (χ3v) is 9.18. The van der Waals surface area contributed by atoms with Gasteiger partial charge in [0.05, 0.1) is 0 Å². The van der Waals surface area contributed by atoms with Crippen molar-refractivity contribution in [2.24, 2.45) is 34.5 Å². The Kier molecular flexibility index (Phi) is 4.54. The molecule has 4 nitrogen and oxygen atoms in total. The second-order valence-electron chi connectivity index (χ2n) is 10.2. The average Bonchev–Trinajstić information content (AvgIpc) is 2.92. The van der Waals surface area contributed by atoms with Gasteiger partial charge in [0.15, 0.2) is 5.78 Å². The topological polar surface area (TPSA) is 63.6 Å². The van der Waals surface area contributed by atoms with Crippen LogP contribution < -0.4 is 0 Å². The number of fused-ring (bicyclic) bond motifs is 5. The van der Waals surface area contributed by atoms with E-state index in [9.17, 15) is 14.7 Å². The Morgan fingerprint density at radius 1 is 1.21 bits per heavy atom. The molecule has 0 aromatic rings. The molecule has 0 spiro atoms.